The van der Waals surface area contributed by atoms with E-state index in [1.165, 1.54) is 5.56 Å². The van der Waals surface area contributed by atoms with Gasteiger partial charge in [0, 0.05) is 17.7 Å². The van der Waals surface area contributed by atoms with E-state index < -0.39 is 0 Å². The molecular weight excluding hydrogens is 226 g/mol. The summed E-state index contributed by atoms with van der Waals surface area (Å²) in [6, 6.07) is 8.16. The highest BCUT2D eigenvalue weighted by Crippen LogP contribution is 2.29. The van der Waals surface area contributed by atoms with Gasteiger partial charge in [-0.25, -0.2) is 5.10 Å². The molecule has 18 heavy (non-hydrogen) atoms. The zero-order valence-electron chi connectivity index (χ0n) is 10.3. The third kappa shape index (κ3) is 1.79. The largest absolute Gasteiger partial charge is 0.383 e. The quantitative estimate of drug-likeness (QED) is 0.804. The van der Waals surface area contributed by atoms with Gasteiger partial charge in [-0.15, -0.1) is 0 Å². The standard InChI is InChI=1S/C14H15N3O/c1-9-4-2-5-10(8-9)12-13-11(6-3-7-15-13)14(18)17-16-12/h2,4-5,8,15H,3,6-7H2,1H3,(H,17,18). The zero-order chi connectivity index (χ0) is 12.5. The lowest BCUT2D eigenvalue weighted by Crippen LogP contribution is -2.24. The predicted octanol–water partition coefficient (Wildman–Crippen LogP) is 2.10. The number of anilines is 1. The molecule has 0 saturated carbocycles. The lowest BCUT2D eigenvalue weighted by Gasteiger charge is -2.19. The first-order valence-corrected chi connectivity index (χ1v) is 6.18. The second kappa shape index (κ2) is 4.29. The smallest absolute Gasteiger partial charge is 0.269 e. The van der Waals surface area contributed by atoms with Crippen molar-refractivity contribution in [3.63, 3.8) is 0 Å². The van der Waals surface area contributed by atoms with E-state index in [0.29, 0.717) is 0 Å². The second-order valence-corrected chi connectivity index (χ2v) is 4.65. The lowest BCUT2D eigenvalue weighted by atomic mass is 10.0. The minimum absolute atomic E-state index is 0.0754. The Morgan fingerprint density at radius 3 is 3.06 bits per heavy atom. The SMILES string of the molecule is Cc1cccc(-c2n[nH]c(=O)c3c2NCCC3)c1. The zero-order valence-corrected chi connectivity index (χ0v) is 10.3. The molecular formula is C14H15N3O. The average molecular weight is 241 g/mol. The number of hydrogen-bond donors (Lipinski definition) is 2. The van der Waals surface area contributed by atoms with Gasteiger partial charge in [-0.1, -0.05) is 23.8 Å². The van der Waals surface area contributed by atoms with Crippen LogP contribution in [-0.4, -0.2) is 16.7 Å². The summed E-state index contributed by atoms with van der Waals surface area (Å²) in [6.45, 7) is 2.95. The van der Waals surface area contributed by atoms with Crippen molar-refractivity contribution in [2.45, 2.75) is 19.8 Å². The molecule has 0 unspecified atom stereocenters. The number of nitrogens with zero attached hydrogens (tertiary/aromatic N) is 1. The van der Waals surface area contributed by atoms with Crippen molar-refractivity contribution in [2.75, 3.05) is 11.9 Å². The van der Waals surface area contributed by atoms with Gasteiger partial charge in [0.25, 0.3) is 5.56 Å². The van der Waals surface area contributed by atoms with Crippen molar-refractivity contribution in [1.82, 2.24) is 10.2 Å². The molecule has 2 aromatic rings. The van der Waals surface area contributed by atoms with Gasteiger partial charge in [-0.2, -0.15) is 5.10 Å². The number of aromatic amines is 1. The van der Waals surface area contributed by atoms with Crippen molar-refractivity contribution in [2.24, 2.45) is 0 Å². The van der Waals surface area contributed by atoms with Crippen LogP contribution in [0.25, 0.3) is 11.3 Å². The summed E-state index contributed by atoms with van der Waals surface area (Å²) in [5.41, 5.74) is 4.71. The first kappa shape index (κ1) is 11.0. The molecule has 0 amide bonds. The van der Waals surface area contributed by atoms with Crippen LogP contribution in [0.5, 0.6) is 0 Å². The molecule has 0 fully saturated rings. The second-order valence-electron chi connectivity index (χ2n) is 4.65. The molecule has 1 aromatic carbocycles. The van der Waals surface area contributed by atoms with E-state index in [1.807, 2.05) is 12.1 Å². The van der Waals surface area contributed by atoms with Crippen molar-refractivity contribution in [1.29, 1.82) is 0 Å². The monoisotopic (exact) mass is 241 g/mol. The Bertz CT molecular complexity index is 646. The molecule has 0 aliphatic carbocycles. The van der Waals surface area contributed by atoms with Gasteiger partial charge in [-0.05, 0) is 25.8 Å². The summed E-state index contributed by atoms with van der Waals surface area (Å²) >= 11 is 0. The molecule has 0 radical (unpaired) electrons. The molecule has 1 aromatic heterocycles. The molecule has 0 saturated heterocycles. The van der Waals surface area contributed by atoms with Gasteiger partial charge in [0.1, 0.15) is 5.69 Å². The highest BCUT2D eigenvalue weighted by Gasteiger charge is 2.18. The Balaban J connectivity index is 2.21. The van der Waals surface area contributed by atoms with Gasteiger partial charge >= 0.3 is 0 Å². The molecule has 0 bridgehead atoms. The fraction of sp³-hybridized carbons (Fsp3) is 0.286. The number of fused-ring (bicyclic) bond motifs is 1. The van der Waals surface area contributed by atoms with Crippen LogP contribution in [-0.2, 0) is 6.42 Å². The molecule has 2 heterocycles. The van der Waals surface area contributed by atoms with Gasteiger partial charge in [-0.3, -0.25) is 4.79 Å². The Morgan fingerprint density at radius 2 is 2.22 bits per heavy atom. The highest BCUT2D eigenvalue weighted by molar-refractivity contribution is 5.76. The van der Waals surface area contributed by atoms with E-state index in [1.54, 1.807) is 0 Å². The maximum Gasteiger partial charge on any atom is 0.269 e. The van der Waals surface area contributed by atoms with Crippen molar-refractivity contribution in [3.8, 4) is 11.3 Å². The average Bonchev–Trinajstić information content (AvgIpc) is 2.39. The van der Waals surface area contributed by atoms with E-state index in [0.717, 1.165) is 41.9 Å². The number of benzene rings is 1. The third-order valence-electron chi connectivity index (χ3n) is 3.28. The molecule has 3 rings (SSSR count). The molecule has 92 valence electrons. The summed E-state index contributed by atoms with van der Waals surface area (Å²) in [5, 5.41) is 10.1. The van der Waals surface area contributed by atoms with E-state index in [4.69, 9.17) is 0 Å². The van der Waals surface area contributed by atoms with E-state index >= 15 is 0 Å². The maximum atomic E-state index is 11.8. The lowest BCUT2D eigenvalue weighted by molar-refractivity contribution is 0.799. The Hall–Kier alpha value is -2.10. The highest BCUT2D eigenvalue weighted by atomic mass is 16.1. The number of aromatic nitrogens is 2. The normalized spacial score (nSPS) is 13.8. The minimum atomic E-state index is -0.0754. The summed E-state index contributed by atoms with van der Waals surface area (Å²) in [4.78, 5) is 11.8. The van der Waals surface area contributed by atoms with Crippen LogP contribution in [0.15, 0.2) is 29.1 Å². The van der Waals surface area contributed by atoms with E-state index in [9.17, 15) is 4.79 Å². The van der Waals surface area contributed by atoms with Crippen molar-refractivity contribution in [3.05, 3.63) is 45.7 Å². The summed E-state index contributed by atoms with van der Waals surface area (Å²) < 4.78 is 0. The van der Waals surface area contributed by atoms with Gasteiger partial charge in [0.05, 0.1) is 5.69 Å². The van der Waals surface area contributed by atoms with Crippen LogP contribution < -0.4 is 10.9 Å². The number of aryl methyl sites for hydroxylation is 1. The van der Waals surface area contributed by atoms with Crippen LogP contribution in [0, 0.1) is 6.92 Å². The van der Waals surface area contributed by atoms with Crippen LogP contribution in [0.4, 0.5) is 5.69 Å². The Morgan fingerprint density at radius 1 is 1.33 bits per heavy atom. The fourth-order valence-electron chi connectivity index (χ4n) is 2.40. The molecule has 2 N–H and O–H groups in total. The molecule has 0 atom stereocenters. The predicted molar refractivity (Wildman–Crippen MR) is 71.8 cm³/mol. The number of nitrogens with one attached hydrogen (secondary N) is 2. The number of hydrogen-bond acceptors (Lipinski definition) is 3. The van der Waals surface area contributed by atoms with Gasteiger partial charge < -0.3 is 5.32 Å². The number of rotatable bonds is 1. The summed E-state index contributed by atoms with van der Waals surface area (Å²) in [7, 11) is 0. The third-order valence-corrected chi connectivity index (χ3v) is 3.28. The summed E-state index contributed by atoms with van der Waals surface area (Å²) in [6.07, 6.45) is 1.81. The van der Waals surface area contributed by atoms with Crippen LogP contribution in [0.3, 0.4) is 0 Å². The summed E-state index contributed by atoms with van der Waals surface area (Å²) in [5.74, 6) is 0. The minimum Gasteiger partial charge on any atom is -0.383 e. The Kier molecular flexibility index (Phi) is 2.63. The fourth-order valence-corrected chi connectivity index (χ4v) is 2.40. The van der Waals surface area contributed by atoms with Crippen molar-refractivity contribution >= 4 is 5.69 Å². The van der Waals surface area contributed by atoms with Crippen LogP contribution in [0.2, 0.25) is 0 Å². The Labute approximate surface area is 105 Å². The van der Waals surface area contributed by atoms with Crippen LogP contribution >= 0.6 is 0 Å². The molecule has 1 aliphatic rings. The van der Waals surface area contributed by atoms with Crippen LogP contribution in [0.1, 0.15) is 17.5 Å². The first-order valence-electron chi connectivity index (χ1n) is 6.18. The van der Waals surface area contributed by atoms with Gasteiger partial charge in [0.15, 0.2) is 0 Å². The molecule has 4 nitrogen and oxygen atoms in total. The molecule has 1 aliphatic heterocycles. The molecule has 0 spiro atoms. The number of H-pyrrole nitrogens is 1. The van der Waals surface area contributed by atoms with E-state index in [2.05, 4.69) is 34.6 Å². The topological polar surface area (TPSA) is 57.8 Å². The maximum absolute atomic E-state index is 11.8. The van der Waals surface area contributed by atoms with Gasteiger partial charge in [0.2, 0.25) is 0 Å². The molecule has 4 heteroatoms. The van der Waals surface area contributed by atoms with Crippen molar-refractivity contribution < 1.29 is 0 Å². The first-order chi connectivity index (χ1) is 8.75. The van der Waals surface area contributed by atoms with E-state index in [-0.39, 0.29) is 5.56 Å².